The molecule has 1 heterocycles. The average molecular weight is 310 g/mol. The van der Waals surface area contributed by atoms with Crippen LogP contribution in [0, 0.1) is 5.41 Å². The first kappa shape index (κ1) is 15.2. The molecule has 0 radical (unpaired) electrons. The lowest BCUT2D eigenvalue weighted by Crippen LogP contribution is -2.23. The van der Waals surface area contributed by atoms with Crippen molar-refractivity contribution >= 4 is 11.9 Å². The van der Waals surface area contributed by atoms with Crippen molar-refractivity contribution in [2.75, 3.05) is 0 Å². The van der Waals surface area contributed by atoms with Gasteiger partial charge in [-0.2, -0.15) is 0 Å². The molecule has 0 spiro atoms. The number of benzene rings is 1. The molecular weight excluding hydrogens is 292 g/mol. The van der Waals surface area contributed by atoms with Gasteiger partial charge in [-0.1, -0.05) is 18.2 Å². The topological polar surface area (TPSA) is 79.3 Å². The van der Waals surface area contributed by atoms with Crippen molar-refractivity contribution in [1.29, 1.82) is 0 Å². The number of carbonyl (C=O) groups excluding carboxylic acids is 1. The van der Waals surface area contributed by atoms with Gasteiger partial charge in [-0.05, 0) is 43.2 Å². The first-order chi connectivity index (χ1) is 11.0. The molecular formula is C18H18N2O3. The van der Waals surface area contributed by atoms with Crippen LogP contribution in [0.1, 0.15) is 40.9 Å². The number of pyridine rings is 1. The smallest absolute Gasteiger partial charge is 0.309 e. The number of aromatic nitrogens is 1. The Morgan fingerprint density at radius 1 is 1.26 bits per heavy atom. The molecule has 0 bridgehead atoms. The Balaban J connectivity index is 1.61. The molecule has 1 saturated carbocycles. The normalized spacial score (nSPS) is 22.4. The summed E-state index contributed by atoms with van der Waals surface area (Å²) in [5.74, 6) is -0.899. The molecule has 2 unspecified atom stereocenters. The highest BCUT2D eigenvalue weighted by molar-refractivity contribution is 5.94. The van der Waals surface area contributed by atoms with E-state index in [1.807, 2.05) is 30.3 Å². The number of carboxylic acids is 1. The predicted molar refractivity (Wildman–Crippen MR) is 85.0 cm³/mol. The lowest BCUT2D eigenvalue weighted by atomic mass is 10.00. The number of hydrogen-bond acceptors (Lipinski definition) is 3. The van der Waals surface area contributed by atoms with Gasteiger partial charge in [0, 0.05) is 17.7 Å². The summed E-state index contributed by atoms with van der Waals surface area (Å²) in [7, 11) is 0. The summed E-state index contributed by atoms with van der Waals surface area (Å²) in [6.45, 7) is 2.13. The van der Waals surface area contributed by atoms with Crippen LogP contribution in [0.15, 0.2) is 48.7 Å². The molecule has 118 valence electrons. The van der Waals surface area contributed by atoms with Crippen LogP contribution in [0.3, 0.4) is 0 Å². The molecule has 5 nitrogen and oxygen atoms in total. The molecule has 2 aromatic rings. The Morgan fingerprint density at radius 3 is 2.57 bits per heavy atom. The lowest BCUT2D eigenvalue weighted by molar-refractivity contribution is -0.142. The van der Waals surface area contributed by atoms with Crippen molar-refractivity contribution in [1.82, 2.24) is 10.3 Å². The number of hydrogen-bond donors (Lipinski definition) is 2. The van der Waals surface area contributed by atoms with Gasteiger partial charge in [-0.3, -0.25) is 14.6 Å². The van der Waals surface area contributed by atoms with Gasteiger partial charge >= 0.3 is 5.97 Å². The van der Waals surface area contributed by atoms with Crippen LogP contribution in [0.2, 0.25) is 0 Å². The van der Waals surface area contributed by atoms with Gasteiger partial charge in [0.05, 0.1) is 17.7 Å². The van der Waals surface area contributed by atoms with Crippen LogP contribution in [0.5, 0.6) is 0 Å². The quantitative estimate of drug-likeness (QED) is 0.889. The Labute approximate surface area is 134 Å². The number of nitrogens with zero attached hydrogens (tertiary/aromatic N) is 1. The van der Waals surface area contributed by atoms with E-state index in [1.165, 1.54) is 0 Å². The summed E-state index contributed by atoms with van der Waals surface area (Å²) in [6.07, 6.45) is 2.33. The maximum atomic E-state index is 12.1. The number of carboxylic acid groups (broad SMARTS) is 1. The number of carbonyl (C=O) groups is 2. The molecule has 1 aromatic carbocycles. The highest BCUT2D eigenvalue weighted by atomic mass is 16.4. The van der Waals surface area contributed by atoms with E-state index in [0.29, 0.717) is 18.5 Å². The van der Waals surface area contributed by atoms with Crippen molar-refractivity contribution in [3.05, 3.63) is 65.5 Å². The van der Waals surface area contributed by atoms with Crippen LogP contribution in [-0.2, 0) is 11.3 Å². The minimum absolute atomic E-state index is 0.0330. The highest BCUT2D eigenvalue weighted by Gasteiger charge is 2.56. The molecule has 1 aromatic heterocycles. The van der Waals surface area contributed by atoms with Crippen molar-refractivity contribution in [3.63, 3.8) is 0 Å². The van der Waals surface area contributed by atoms with Crippen molar-refractivity contribution in [2.24, 2.45) is 5.41 Å². The third-order valence-corrected chi connectivity index (χ3v) is 4.46. The number of rotatable bonds is 5. The van der Waals surface area contributed by atoms with Crippen molar-refractivity contribution in [3.8, 4) is 0 Å². The summed E-state index contributed by atoms with van der Waals surface area (Å²) in [5, 5.41) is 12.0. The molecule has 5 heteroatoms. The monoisotopic (exact) mass is 310 g/mol. The fourth-order valence-corrected chi connectivity index (χ4v) is 2.73. The molecule has 0 saturated heterocycles. The van der Waals surface area contributed by atoms with Gasteiger partial charge in [0.1, 0.15) is 0 Å². The predicted octanol–water partition coefficient (Wildman–Crippen LogP) is 2.59. The zero-order valence-electron chi connectivity index (χ0n) is 12.8. The highest BCUT2D eigenvalue weighted by Crippen LogP contribution is 2.59. The van der Waals surface area contributed by atoms with E-state index < -0.39 is 11.4 Å². The molecule has 1 amide bonds. The van der Waals surface area contributed by atoms with E-state index in [9.17, 15) is 14.7 Å². The third kappa shape index (κ3) is 3.08. The van der Waals surface area contributed by atoms with E-state index in [4.69, 9.17) is 0 Å². The Hall–Kier alpha value is -2.69. The summed E-state index contributed by atoms with van der Waals surface area (Å²) in [4.78, 5) is 27.5. The van der Waals surface area contributed by atoms with E-state index >= 15 is 0 Å². The molecule has 1 fully saturated rings. The Kier molecular flexibility index (Phi) is 3.86. The molecule has 1 aliphatic rings. The summed E-state index contributed by atoms with van der Waals surface area (Å²) in [6, 6.07) is 12.7. The second kappa shape index (κ2) is 5.83. The van der Waals surface area contributed by atoms with E-state index in [2.05, 4.69) is 10.3 Å². The van der Waals surface area contributed by atoms with Crippen LogP contribution in [0.25, 0.3) is 0 Å². The number of aliphatic carboxylic acids is 1. The largest absolute Gasteiger partial charge is 0.481 e. The maximum Gasteiger partial charge on any atom is 0.309 e. The van der Waals surface area contributed by atoms with Gasteiger partial charge in [0.2, 0.25) is 0 Å². The van der Waals surface area contributed by atoms with Crippen molar-refractivity contribution in [2.45, 2.75) is 25.8 Å². The van der Waals surface area contributed by atoms with E-state index in [-0.39, 0.29) is 11.8 Å². The standard InChI is InChI=1S/C18H18N2O3/c1-18(17(22)23)10-15(18)12-5-7-13(8-6-12)16(21)20-11-14-4-2-3-9-19-14/h2-9,15H,10-11H2,1H3,(H,20,21)(H,22,23). The lowest BCUT2D eigenvalue weighted by Gasteiger charge is -2.07. The van der Waals surface area contributed by atoms with Crippen LogP contribution in [0.4, 0.5) is 0 Å². The van der Waals surface area contributed by atoms with E-state index in [0.717, 1.165) is 11.3 Å². The summed E-state index contributed by atoms with van der Waals surface area (Å²) in [5.41, 5.74) is 1.66. The van der Waals surface area contributed by atoms with Crippen LogP contribution >= 0.6 is 0 Å². The fourth-order valence-electron chi connectivity index (χ4n) is 2.73. The molecule has 2 N–H and O–H groups in total. The fraction of sp³-hybridized carbons (Fsp3) is 0.278. The summed E-state index contributed by atoms with van der Waals surface area (Å²) < 4.78 is 0. The Morgan fingerprint density at radius 2 is 2.00 bits per heavy atom. The van der Waals surface area contributed by atoms with E-state index in [1.54, 1.807) is 25.3 Å². The van der Waals surface area contributed by atoms with Gasteiger partial charge in [-0.25, -0.2) is 0 Å². The maximum absolute atomic E-state index is 12.1. The zero-order valence-corrected chi connectivity index (χ0v) is 12.8. The second-order valence-electron chi connectivity index (χ2n) is 6.11. The minimum atomic E-state index is -0.764. The summed E-state index contributed by atoms with van der Waals surface area (Å²) >= 11 is 0. The van der Waals surface area contributed by atoms with Crippen LogP contribution in [-0.4, -0.2) is 22.0 Å². The molecule has 1 aliphatic carbocycles. The molecule has 0 aliphatic heterocycles. The SMILES string of the molecule is CC1(C(=O)O)CC1c1ccc(C(=O)NCc2ccccn2)cc1. The first-order valence-electron chi connectivity index (χ1n) is 7.52. The molecule has 2 atom stereocenters. The zero-order chi connectivity index (χ0) is 16.4. The number of nitrogens with one attached hydrogen (secondary N) is 1. The number of amides is 1. The van der Waals surface area contributed by atoms with Gasteiger partial charge in [0.15, 0.2) is 0 Å². The first-order valence-corrected chi connectivity index (χ1v) is 7.52. The van der Waals surface area contributed by atoms with Gasteiger partial charge in [0.25, 0.3) is 5.91 Å². The van der Waals surface area contributed by atoms with Crippen molar-refractivity contribution < 1.29 is 14.7 Å². The third-order valence-electron chi connectivity index (χ3n) is 4.46. The minimum Gasteiger partial charge on any atom is -0.481 e. The second-order valence-corrected chi connectivity index (χ2v) is 6.11. The Bertz CT molecular complexity index is 728. The average Bonchev–Trinajstić information content (AvgIpc) is 3.27. The van der Waals surface area contributed by atoms with Gasteiger partial charge < -0.3 is 10.4 Å². The van der Waals surface area contributed by atoms with Gasteiger partial charge in [-0.15, -0.1) is 0 Å². The molecule has 23 heavy (non-hydrogen) atoms. The van der Waals surface area contributed by atoms with Crippen LogP contribution < -0.4 is 5.32 Å². The molecule has 3 rings (SSSR count).